The molecule has 7 heteroatoms. The minimum atomic E-state index is -0.148. The van der Waals surface area contributed by atoms with Crippen molar-refractivity contribution < 1.29 is 4.79 Å². The molecule has 2 heterocycles. The second-order valence-corrected chi connectivity index (χ2v) is 6.44. The van der Waals surface area contributed by atoms with Gasteiger partial charge in [-0.05, 0) is 35.1 Å². The minimum absolute atomic E-state index is 0.00333. The van der Waals surface area contributed by atoms with E-state index >= 15 is 0 Å². The summed E-state index contributed by atoms with van der Waals surface area (Å²) in [6, 6.07) is 1.82. The van der Waals surface area contributed by atoms with Crippen LogP contribution in [-0.2, 0) is 18.3 Å². The van der Waals surface area contributed by atoms with E-state index in [4.69, 9.17) is 0 Å². The molecule has 1 unspecified atom stereocenters. The van der Waals surface area contributed by atoms with Crippen LogP contribution in [0, 0.1) is 0 Å². The second-order valence-electron chi connectivity index (χ2n) is 4.43. The first kappa shape index (κ1) is 15.1. The van der Waals surface area contributed by atoms with Crippen LogP contribution < -0.4 is 5.32 Å². The molecule has 20 heavy (non-hydrogen) atoms. The molecular formula is C13H18N4OS2. The highest BCUT2D eigenvalue weighted by molar-refractivity contribution is 7.99. The molecule has 0 bridgehead atoms. The highest BCUT2D eigenvalue weighted by Gasteiger charge is 2.17. The highest BCUT2D eigenvalue weighted by Crippen LogP contribution is 2.18. The summed E-state index contributed by atoms with van der Waals surface area (Å²) in [6.07, 6.45) is 0.405. The maximum absolute atomic E-state index is 12.0. The number of thiophene rings is 1. The molecule has 0 aromatic carbocycles. The molecule has 2 rings (SSSR count). The fourth-order valence-electron chi connectivity index (χ4n) is 1.89. The van der Waals surface area contributed by atoms with Gasteiger partial charge in [0.2, 0.25) is 5.91 Å². The van der Waals surface area contributed by atoms with Crippen molar-refractivity contribution in [1.82, 2.24) is 20.1 Å². The summed E-state index contributed by atoms with van der Waals surface area (Å²) in [7, 11) is 1.93. The third kappa shape index (κ3) is 3.61. The van der Waals surface area contributed by atoms with Crippen molar-refractivity contribution in [1.29, 1.82) is 0 Å². The predicted molar refractivity (Wildman–Crippen MR) is 82.0 cm³/mol. The van der Waals surface area contributed by atoms with Gasteiger partial charge >= 0.3 is 0 Å². The van der Waals surface area contributed by atoms with Gasteiger partial charge in [0.05, 0.1) is 12.5 Å². The Hall–Kier alpha value is -1.34. The van der Waals surface area contributed by atoms with Gasteiger partial charge in [0.15, 0.2) is 11.0 Å². The van der Waals surface area contributed by atoms with Gasteiger partial charge in [0, 0.05) is 7.05 Å². The molecule has 0 aliphatic heterocycles. The number of nitrogens with one attached hydrogen (secondary N) is 1. The van der Waals surface area contributed by atoms with E-state index in [1.54, 1.807) is 23.1 Å². The number of thioether (sulfide) groups is 1. The number of amides is 1. The molecule has 0 radical (unpaired) electrons. The lowest BCUT2D eigenvalue weighted by atomic mass is 10.2. The molecule has 5 nitrogen and oxygen atoms in total. The molecular weight excluding hydrogens is 292 g/mol. The zero-order chi connectivity index (χ0) is 14.5. The van der Waals surface area contributed by atoms with E-state index in [-0.39, 0.29) is 11.9 Å². The third-order valence-electron chi connectivity index (χ3n) is 2.85. The molecule has 0 saturated carbocycles. The number of aromatic nitrogens is 3. The standard InChI is InChI=1S/C13H18N4OS2/c1-4-20-13-16-15-12(17(13)3)9(2)14-11(18)7-10-5-6-19-8-10/h5-6,8-9H,4,7H2,1-3H3,(H,14,18). The van der Waals surface area contributed by atoms with Gasteiger partial charge in [-0.2, -0.15) is 11.3 Å². The van der Waals surface area contributed by atoms with E-state index in [1.807, 2.05) is 35.4 Å². The van der Waals surface area contributed by atoms with Crippen molar-refractivity contribution in [2.24, 2.45) is 7.05 Å². The van der Waals surface area contributed by atoms with Gasteiger partial charge in [-0.25, -0.2) is 0 Å². The fourth-order valence-corrected chi connectivity index (χ4v) is 3.21. The lowest BCUT2D eigenvalue weighted by molar-refractivity contribution is -0.121. The first-order valence-electron chi connectivity index (χ1n) is 6.44. The monoisotopic (exact) mass is 310 g/mol. The molecule has 1 amide bonds. The SMILES string of the molecule is CCSc1nnc(C(C)NC(=O)Cc2ccsc2)n1C. The van der Waals surface area contributed by atoms with Crippen molar-refractivity contribution in [3.8, 4) is 0 Å². The molecule has 0 spiro atoms. The van der Waals surface area contributed by atoms with E-state index in [2.05, 4.69) is 22.4 Å². The van der Waals surface area contributed by atoms with Crippen LogP contribution in [0.2, 0.25) is 0 Å². The summed E-state index contributed by atoms with van der Waals surface area (Å²) in [4.78, 5) is 12.0. The van der Waals surface area contributed by atoms with E-state index in [1.165, 1.54) is 0 Å². The van der Waals surface area contributed by atoms with Gasteiger partial charge in [0.25, 0.3) is 0 Å². The Labute approximate surface area is 126 Å². The van der Waals surface area contributed by atoms with E-state index < -0.39 is 0 Å². The van der Waals surface area contributed by atoms with Crippen molar-refractivity contribution in [3.63, 3.8) is 0 Å². The van der Waals surface area contributed by atoms with Crippen molar-refractivity contribution in [2.75, 3.05) is 5.75 Å². The van der Waals surface area contributed by atoms with Crippen molar-refractivity contribution >= 4 is 29.0 Å². The van der Waals surface area contributed by atoms with E-state index in [9.17, 15) is 4.79 Å². The smallest absolute Gasteiger partial charge is 0.225 e. The van der Waals surface area contributed by atoms with Crippen LogP contribution >= 0.6 is 23.1 Å². The van der Waals surface area contributed by atoms with Gasteiger partial charge in [-0.1, -0.05) is 18.7 Å². The Bertz CT molecular complexity index is 565. The van der Waals surface area contributed by atoms with Crippen LogP contribution in [0.3, 0.4) is 0 Å². The second kappa shape index (κ2) is 6.90. The Morgan fingerprint density at radius 2 is 2.35 bits per heavy atom. The first-order chi connectivity index (χ1) is 9.61. The Morgan fingerprint density at radius 1 is 1.55 bits per heavy atom. The average Bonchev–Trinajstić information content (AvgIpc) is 3.01. The third-order valence-corrected chi connectivity index (χ3v) is 4.49. The van der Waals surface area contributed by atoms with Gasteiger partial charge in [0.1, 0.15) is 0 Å². The minimum Gasteiger partial charge on any atom is -0.346 e. The maximum Gasteiger partial charge on any atom is 0.225 e. The summed E-state index contributed by atoms with van der Waals surface area (Å²) < 4.78 is 1.93. The Balaban J connectivity index is 1.97. The van der Waals surface area contributed by atoms with E-state index in [0.717, 1.165) is 22.3 Å². The fraction of sp³-hybridized carbons (Fsp3) is 0.462. The molecule has 0 saturated heterocycles. The Kier molecular flexibility index (Phi) is 5.19. The van der Waals surface area contributed by atoms with E-state index in [0.29, 0.717) is 6.42 Å². The number of carbonyl (C=O) groups is 1. The molecule has 1 atom stereocenters. The van der Waals surface area contributed by atoms with Crippen LogP contribution in [0.15, 0.2) is 22.0 Å². The quantitative estimate of drug-likeness (QED) is 0.832. The lowest BCUT2D eigenvalue weighted by Gasteiger charge is -2.13. The topological polar surface area (TPSA) is 59.8 Å². The molecule has 0 fully saturated rings. The predicted octanol–water partition coefficient (Wildman–Crippen LogP) is 2.41. The summed E-state index contributed by atoms with van der Waals surface area (Å²) in [5, 5.41) is 16.1. The summed E-state index contributed by atoms with van der Waals surface area (Å²) >= 11 is 3.24. The first-order valence-corrected chi connectivity index (χ1v) is 8.37. The molecule has 0 aliphatic rings. The largest absolute Gasteiger partial charge is 0.346 e. The van der Waals surface area contributed by atoms with Gasteiger partial charge in [-0.15, -0.1) is 10.2 Å². The summed E-state index contributed by atoms with van der Waals surface area (Å²) in [5.74, 6) is 1.73. The van der Waals surface area contributed by atoms with Gasteiger partial charge in [-0.3, -0.25) is 4.79 Å². The lowest BCUT2D eigenvalue weighted by Crippen LogP contribution is -2.29. The maximum atomic E-state index is 12.0. The number of hydrogen-bond donors (Lipinski definition) is 1. The van der Waals surface area contributed by atoms with Crippen LogP contribution in [-0.4, -0.2) is 26.4 Å². The summed E-state index contributed by atoms with van der Waals surface area (Å²) in [5.41, 5.74) is 1.04. The molecule has 0 aliphatic carbocycles. The van der Waals surface area contributed by atoms with Crippen LogP contribution in [0.5, 0.6) is 0 Å². The number of hydrogen-bond acceptors (Lipinski definition) is 5. The molecule has 1 N–H and O–H groups in total. The number of rotatable bonds is 6. The summed E-state index contributed by atoms with van der Waals surface area (Å²) in [6.45, 7) is 4.00. The zero-order valence-electron chi connectivity index (χ0n) is 11.8. The molecule has 2 aromatic heterocycles. The average molecular weight is 310 g/mol. The zero-order valence-corrected chi connectivity index (χ0v) is 13.4. The van der Waals surface area contributed by atoms with Crippen molar-refractivity contribution in [2.45, 2.75) is 31.5 Å². The highest BCUT2D eigenvalue weighted by atomic mass is 32.2. The molecule has 2 aromatic rings. The van der Waals surface area contributed by atoms with Crippen LogP contribution in [0.25, 0.3) is 0 Å². The normalized spacial score (nSPS) is 12.3. The van der Waals surface area contributed by atoms with Crippen LogP contribution in [0.4, 0.5) is 0 Å². The Morgan fingerprint density at radius 3 is 3.00 bits per heavy atom. The number of nitrogens with zero attached hydrogens (tertiary/aromatic N) is 3. The van der Waals surface area contributed by atoms with Gasteiger partial charge < -0.3 is 9.88 Å². The molecule has 108 valence electrons. The number of carbonyl (C=O) groups excluding carboxylic acids is 1. The van der Waals surface area contributed by atoms with Crippen molar-refractivity contribution in [3.05, 3.63) is 28.2 Å². The van der Waals surface area contributed by atoms with Crippen LogP contribution in [0.1, 0.15) is 31.3 Å².